The summed E-state index contributed by atoms with van der Waals surface area (Å²) >= 11 is 0. The zero-order chi connectivity index (χ0) is 29.3. The molecule has 0 bridgehead atoms. The Kier molecular flexibility index (Phi) is 8.16. The number of rotatable bonds is 3. The second-order valence-electron chi connectivity index (χ2n) is 10.3. The minimum absolute atomic E-state index is 0. The molecule has 3 aromatic carbocycles. The average Bonchev–Trinajstić information content (AvgIpc) is 3.61. The van der Waals surface area contributed by atoms with Crippen LogP contribution >= 0.6 is 0 Å². The zero-order valence-electron chi connectivity index (χ0n) is 24.4. The summed E-state index contributed by atoms with van der Waals surface area (Å²) < 4.78 is 8.41. The van der Waals surface area contributed by atoms with E-state index >= 15 is 0 Å². The van der Waals surface area contributed by atoms with Gasteiger partial charge in [-0.15, -0.1) is 54.1 Å². The van der Waals surface area contributed by atoms with Crippen molar-refractivity contribution in [1.82, 2.24) is 24.5 Å². The minimum Gasteiger partial charge on any atom is -0.486 e. The summed E-state index contributed by atoms with van der Waals surface area (Å²) in [5.74, 6) is 0.776. The van der Waals surface area contributed by atoms with Gasteiger partial charge in [-0.05, 0) is 62.9 Å². The summed E-state index contributed by atoms with van der Waals surface area (Å²) in [6.07, 6.45) is 1.79. The fourth-order valence-corrected chi connectivity index (χ4v) is 5.34. The number of benzene rings is 3. The van der Waals surface area contributed by atoms with E-state index in [-0.39, 0.29) is 20.1 Å². The van der Waals surface area contributed by atoms with E-state index in [2.05, 4.69) is 55.9 Å². The van der Waals surface area contributed by atoms with Gasteiger partial charge >= 0.3 is 0 Å². The van der Waals surface area contributed by atoms with E-state index < -0.39 is 0 Å². The molecule has 0 aliphatic rings. The molecule has 0 spiro atoms. The normalized spacial score (nSPS) is 10.9. The molecular formula is C37H27IrN5O-2. The summed E-state index contributed by atoms with van der Waals surface area (Å²) in [7, 11) is 0. The van der Waals surface area contributed by atoms with E-state index in [4.69, 9.17) is 9.40 Å². The zero-order valence-corrected chi connectivity index (χ0v) is 26.8. The van der Waals surface area contributed by atoms with Gasteiger partial charge in [0.05, 0.1) is 28.1 Å². The molecule has 0 N–H and O–H groups in total. The first kappa shape index (κ1) is 29.1. The first-order chi connectivity index (χ1) is 21.1. The standard InChI is InChI=1S/C26H19N4O.C11H8N.Ir/c1-15-12-13-20-19-10-7-11-21(24(19)31-26(20)28-15)25-29-23-17(3)27-16(2)14-22(23)30(25)18-8-5-4-6-9-18;1-2-6-10(7-3-1)11-8-4-5-9-12-11;/h4-10,12-14H,1-3H3;1-6,8-9H;/q2*-1;. The molecule has 217 valence electrons. The Labute approximate surface area is 268 Å². The van der Waals surface area contributed by atoms with Gasteiger partial charge in [0, 0.05) is 48.8 Å². The Morgan fingerprint density at radius 2 is 1.52 bits per heavy atom. The van der Waals surface area contributed by atoms with Crippen molar-refractivity contribution in [3.63, 3.8) is 0 Å². The Hall–Kier alpha value is -4.97. The van der Waals surface area contributed by atoms with Crippen molar-refractivity contribution in [2.24, 2.45) is 0 Å². The molecule has 5 heterocycles. The number of nitrogens with zero attached hydrogens (tertiary/aromatic N) is 5. The summed E-state index contributed by atoms with van der Waals surface area (Å²) in [5, 5.41) is 2.00. The van der Waals surface area contributed by atoms with Gasteiger partial charge in [-0.1, -0.05) is 41.3 Å². The van der Waals surface area contributed by atoms with Crippen molar-refractivity contribution < 1.29 is 24.5 Å². The third-order valence-corrected chi connectivity index (χ3v) is 7.27. The van der Waals surface area contributed by atoms with E-state index in [9.17, 15) is 0 Å². The Bertz CT molecular complexity index is 2170. The summed E-state index contributed by atoms with van der Waals surface area (Å²) in [5.41, 5.74) is 9.89. The third-order valence-electron chi connectivity index (χ3n) is 7.27. The number of aromatic nitrogens is 5. The number of fused-ring (bicyclic) bond motifs is 4. The van der Waals surface area contributed by atoms with Crippen molar-refractivity contribution in [2.75, 3.05) is 0 Å². The van der Waals surface area contributed by atoms with Gasteiger partial charge in [-0.25, -0.2) is 4.98 Å². The molecule has 0 aliphatic heterocycles. The fourth-order valence-electron chi connectivity index (χ4n) is 5.34. The van der Waals surface area contributed by atoms with Crippen LogP contribution in [0.15, 0.2) is 114 Å². The van der Waals surface area contributed by atoms with Crippen LogP contribution in [0.4, 0.5) is 0 Å². The average molecular weight is 750 g/mol. The molecular weight excluding hydrogens is 723 g/mol. The van der Waals surface area contributed by atoms with E-state index in [1.165, 1.54) is 0 Å². The van der Waals surface area contributed by atoms with Crippen LogP contribution in [0.2, 0.25) is 0 Å². The van der Waals surface area contributed by atoms with Crippen LogP contribution in [0.3, 0.4) is 0 Å². The van der Waals surface area contributed by atoms with Crippen molar-refractivity contribution in [1.29, 1.82) is 0 Å². The van der Waals surface area contributed by atoms with Crippen LogP contribution in [0, 0.1) is 32.9 Å². The van der Waals surface area contributed by atoms with Gasteiger partial charge in [-0.2, -0.15) is 0 Å². The van der Waals surface area contributed by atoms with E-state index in [0.29, 0.717) is 5.71 Å². The number of imidazole rings is 1. The van der Waals surface area contributed by atoms with Crippen molar-refractivity contribution in [3.05, 3.63) is 139 Å². The largest absolute Gasteiger partial charge is 0.486 e. The van der Waals surface area contributed by atoms with Crippen LogP contribution in [-0.4, -0.2) is 24.5 Å². The van der Waals surface area contributed by atoms with Crippen molar-refractivity contribution in [3.8, 4) is 28.3 Å². The molecule has 0 aliphatic carbocycles. The third kappa shape index (κ3) is 5.44. The Balaban J connectivity index is 0.000000222. The molecule has 0 atom stereocenters. The molecule has 1 radical (unpaired) electrons. The molecule has 7 heteroatoms. The SMILES string of the molecule is Cc1cc2c(nc(-c3[c-]ccc4c3oc3nc(C)ccc34)n2-c2ccccc2)c(C)n1.[Ir].[c-]1ccccc1-c1ccccn1. The monoisotopic (exact) mass is 750 g/mol. The molecule has 5 aromatic heterocycles. The summed E-state index contributed by atoms with van der Waals surface area (Å²) in [4.78, 5) is 18.5. The van der Waals surface area contributed by atoms with Crippen LogP contribution < -0.4 is 0 Å². The maximum Gasteiger partial charge on any atom is 0.216 e. The smallest absolute Gasteiger partial charge is 0.216 e. The van der Waals surface area contributed by atoms with Gasteiger partial charge in [0.25, 0.3) is 0 Å². The fraction of sp³-hybridized carbons (Fsp3) is 0.0811. The topological polar surface area (TPSA) is 69.6 Å². The maximum absolute atomic E-state index is 6.25. The van der Waals surface area contributed by atoms with Gasteiger partial charge in [0.15, 0.2) is 0 Å². The molecule has 0 saturated heterocycles. The molecule has 8 aromatic rings. The number of hydrogen-bond donors (Lipinski definition) is 0. The number of hydrogen-bond acceptors (Lipinski definition) is 5. The van der Waals surface area contributed by atoms with Gasteiger partial charge in [0.1, 0.15) is 0 Å². The van der Waals surface area contributed by atoms with Crippen molar-refractivity contribution >= 4 is 33.1 Å². The number of pyridine rings is 3. The minimum atomic E-state index is 0. The first-order valence-corrected chi connectivity index (χ1v) is 14.1. The molecule has 0 unspecified atom stereocenters. The molecule has 44 heavy (non-hydrogen) atoms. The summed E-state index contributed by atoms with van der Waals surface area (Å²) in [6.45, 7) is 5.97. The Morgan fingerprint density at radius 3 is 2.30 bits per heavy atom. The van der Waals surface area contributed by atoms with Crippen LogP contribution in [0.25, 0.3) is 61.4 Å². The predicted octanol–water partition coefficient (Wildman–Crippen LogP) is 8.65. The number of para-hydroxylation sites is 1. The predicted molar refractivity (Wildman–Crippen MR) is 171 cm³/mol. The molecule has 0 amide bonds. The quantitative estimate of drug-likeness (QED) is 0.169. The maximum atomic E-state index is 6.25. The molecule has 0 fully saturated rings. The van der Waals surface area contributed by atoms with Crippen LogP contribution in [-0.2, 0) is 20.1 Å². The number of furan rings is 1. The molecule has 6 nitrogen and oxygen atoms in total. The second kappa shape index (κ2) is 12.3. The molecule has 0 saturated carbocycles. The van der Waals surface area contributed by atoms with Gasteiger partial charge in [0.2, 0.25) is 5.71 Å². The van der Waals surface area contributed by atoms with Crippen molar-refractivity contribution in [2.45, 2.75) is 20.8 Å². The summed E-state index contributed by atoms with van der Waals surface area (Å²) in [6, 6.07) is 40.5. The van der Waals surface area contributed by atoms with Gasteiger partial charge < -0.3 is 14.0 Å². The Morgan fingerprint density at radius 1 is 0.705 bits per heavy atom. The second-order valence-corrected chi connectivity index (χ2v) is 10.3. The number of aryl methyl sites for hydroxylation is 3. The first-order valence-electron chi connectivity index (χ1n) is 14.1. The van der Waals surface area contributed by atoms with E-state index in [1.54, 1.807) is 6.20 Å². The van der Waals surface area contributed by atoms with Crippen LogP contribution in [0.1, 0.15) is 17.1 Å². The molecule has 8 rings (SSSR count). The van der Waals surface area contributed by atoms with Gasteiger partial charge in [-0.3, -0.25) is 9.97 Å². The van der Waals surface area contributed by atoms with E-state index in [1.807, 2.05) is 99.6 Å². The van der Waals surface area contributed by atoms with E-state index in [0.717, 1.165) is 72.8 Å². The van der Waals surface area contributed by atoms with Crippen LogP contribution in [0.5, 0.6) is 0 Å².